The molecule has 0 saturated heterocycles. The zero-order valence-electron chi connectivity index (χ0n) is 5.66. The van der Waals surface area contributed by atoms with Crippen LogP contribution in [0.25, 0.3) is 0 Å². The molecule has 0 aromatic heterocycles. The van der Waals surface area contributed by atoms with E-state index in [-0.39, 0.29) is 12.4 Å². The number of hydrogen-bond donors (Lipinski definition) is 0. The Morgan fingerprint density at radius 3 is 2.70 bits per heavy atom. The molecule has 0 amide bonds. The van der Waals surface area contributed by atoms with Crippen molar-refractivity contribution < 1.29 is 17.7 Å². The fraction of sp³-hybridized carbons (Fsp3) is 0.800. The van der Waals surface area contributed by atoms with Gasteiger partial charge in [0.25, 0.3) is 0 Å². The van der Waals surface area contributed by atoms with E-state index in [2.05, 4.69) is 4.18 Å². The van der Waals surface area contributed by atoms with Gasteiger partial charge in [0.15, 0.2) is 5.78 Å². The molecule has 0 heterocycles. The van der Waals surface area contributed by atoms with Crippen molar-refractivity contribution in [1.29, 1.82) is 0 Å². The smallest absolute Gasteiger partial charge is 0.159 e. The van der Waals surface area contributed by atoms with E-state index in [1.807, 2.05) is 6.92 Å². The van der Waals surface area contributed by atoms with Gasteiger partial charge in [0.2, 0.25) is 0 Å². The van der Waals surface area contributed by atoms with Gasteiger partial charge in [-0.3, -0.25) is 8.98 Å². The van der Waals surface area contributed by atoms with E-state index in [9.17, 15) is 13.6 Å². The summed E-state index contributed by atoms with van der Waals surface area (Å²) in [4.78, 5) is 10.5. The Kier molecular flexibility index (Phi) is 5.38. The molecular weight excluding hydrogens is 156 g/mol. The van der Waals surface area contributed by atoms with E-state index in [0.717, 1.165) is 0 Å². The fourth-order valence-corrected chi connectivity index (χ4v) is 0.693. The Morgan fingerprint density at radius 2 is 2.30 bits per heavy atom. The summed E-state index contributed by atoms with van der Waals surface area (Å²) < 4.78 is 23.5. The predicted molar refractivity (Wildman–Crippen MR) is 34.8 cm³/mol. The minimum absolute atomic E-state index is 0.188. The summed E-state index contributed by atoms with van der Waals surface area (Å²) in [6.07, 6.45) is 1.09. The number of hydrogen-bond acceptors (Lipinski definition) is 4. The molecule has 4 nitrogen and oxygen atoms in total. The average Bonchev–Trinajstić information content (AvgIpc) is 1.85. The van der Waals surface area contributed by atoms with Crippen LogP contribution in [-0.2, 0) is 20.3 Å². The maximum atomic E-state index is 10.5. The normalized spacial score (nSPS) is 13.0. The van der Waals surface area contributed by atoms with Crippen molar-refractivity contribution in [3.05, 3.63) is 0 Å². The first kappa shape index (κ1) is 9.74. The van der Waals surface area contributed by atoms with E-state index in [1.165, 1.54) is 0 Å². The van der Waals surface area contributed by atoms with Gasteiger partial charge in [-0.25, -0.2) is 4.21 Å². The lowest BCUT2D eigenvalue weighted by Crippen LogP contribution is -2.09. The highest BCUT2D eigenvalue weighted by atomic mass is 32.2. The highest BCUT2D eigenvalue weighted by Crippen LogP contribution is 1.90. The number of Topliss-reactive ketones (excluding diaryl/α,β-unsaturated/α-hetero) is 1. The SMILES string of the molecule is CCCC(=O)COS(=O)[O-]. The lowest BCUT2D eigenvalue weighted by molar-refractivity contribution is -0.121. The van der Waals surface area contributed by atoms with E-state index >= 15 is 0 Å². The quantitative estimate of drug-likeness (QED) is 0.544. The van der Waals surface area contributed by atoms with Gasteiger partial charge in [0.05, 0.1) is 11.4 Å². The van der Waals surface area contributed by atoms with Crippen LogP contribution in [0.15, 0.2) is 0 Å². The largest absolute Gasteiger partial charge is 0.750 e. The summed E-state index contributed by atoms with van der Waals surface area (Å²) in [6, 6.07) is 0. The molecule has 0 bridgehead atoms. The van der Waals surface area contributed by atoms with Crippen LogP contribution in [-0.4, -0.2) is 21.2 Å². The van der Waals surface area contributed by atoms with Gasteiger partial charge in [-0.15, -0.1) is 0 Å². The van der Waals surface area contributed by atoms with Crippen molar-refractivity contribution in [2.24, 2.45) is 0 Å². The lowest BCUT2D eigenvalue weighted by Gasteiger charge is -2.03. The molecule has 0 saturated carbocycles. The van der Waals surface area contributed by atoms with Crippen LogP contribution in [0.4, 0.5) is 0 Å². The van der Waals surface area contributed by atoms with Crippen molar-refractivity contribution in [3.8, 4) is 0 Å². The summed E-state index contributed by atoms with van der Waals surface area (Å²) in [6.45, 7) is 1.51. The Labute approximate surface area is 62.1 Å². The Morgan fingerprint density at radius 1 is 1.70 bits per heavy atom. The summed E-state index contributed by atoms with van der Waals surface area (Å²) in [5.74, 6) is -0.188. The second-order valence-corrected chi connectivity index (χ2v) is 2.40. The van der Waals surface area contributed by atoms with Crippen LogP contribution < -0.4 is 0 Å². The van der Waals surface area contributed by atoms with E-state index in [0.29, 0.717) is 12.8 Å². The molecular formula is C5H9O4S-. The summed E-state index contributed by atoms with van der Waals surface area (Å²) in [7, 11) is 0. The maximum absolute atomic E-state index is 10.5. The summed E-state index contributed by atoms with van der Waals surface area (Å²) in [5, 5.41) is 0. The molecule has 0 aliphatic carbocycles. The molecule has 0 aromatic rings. The first-order chi connectivity index (χ1) is 4.66. The molecule has 1 atom stereocenters. The van der Waals surface area contributed by atoms with Gasteiger partial charge >= 0.3 is 0 Å². The topological polar surface area (TPSA) is 66.4 Å². The molecule has 0 aromatic carbocycles. The zero-order valence-corrected chi connectivity index (χ0v) is 6.48. The molecule has 1 unspecified atom stereocenters. The number of carbonyl (C=O) groups excluding carboxylic acids is 1. The van der Waals surface area contributed by atoms with Crippen molar-refractivity contribution >= 4 is 17.1 Å². The fourth-order valence-electron chi connectivity index (χ4n) is 0.465. The number of carbonyl (C=O) groups is 1. The molecule has 60 valence electrons. The Bertz CT molecular complexity index is 134. The maximum Gasteiger partial charge on any atom is 0.159 e. The second kappa shape index (κ2) is 5.52. The minimum atomic E-state index is -2.56. The van der Waals surface area contributed by atoms with Crippen LogP contribution in [0, 0.1) is 0 Å². The molecule has 0 rings (SSSR count). The van der Waals surface area contributed by atoms with E-state index in [4.69, 9.17) is 0 Å². The van der Waals surface area contributed by atoms with Crippen molar-refractivity contribution in [1.82, 2.24) is 0 Å². The molecule has 0 spiro atoms. The Balaban J connectivity index is 3.30. The predicted octanol–water partition coefficient (Wildman–Crippen LogP) is 0.166. The number of rotatable bonds is 5. The third-order valence-corrected chi connectivity index (χ3v) is 1.16. The lowest BCUT2D eigenvalue weighted by atomic mass is 10.2. The first-order valence-electron chi connectivity index (χ1n) is 2.91. The minimum Gasteiger partial charge on any atom is -0.750 e. The Hall–Kier alpha value is -0.260. The van der Waals surface area contributed by atoms with Gasteiger partial charge in [-0.05, 0) is 6.42 Å². The highest BCUT2D eigenvalue weighted by Gasteiger charge is 1.98. The van der Waals surface area contributed by atoms with E-state index < -0.39 is 11.4 Å². The molecule has 0 N–H and O–H groups in total. The molecule has 0 fully saturated rings. The van der Waals surface area contributed by atoms with Crippen molar-refractivity contribution in [2.75, 3.05) is 6.61 Å². The van der Waals surface area contributed by atoms with Crippen LogP contribution in [0.3, 0.4) is 0 Å². The first-order valence-corrected chi connectivity index (χ1v) is 3.91. The average molecular weight is 165 g/mol. The highest BCUT2D eigenvalue weighted by molar-refractivity contribution is 7.74. The van der Waals surface area contributed by atoms with Crippen molar-refractivity contribution in [3.63, 3.8) is 0 Å². The second-order valence-electron chi connectivity index (χ2n) is 1.75. The van der Waals surface area contributed by atoms with Gasteiger partial charge in [0.1, 0.15) is 6.61 Å². The van der Waals surface area contributed by atoms with Crippen LogP contribution >= 0.6 is 0 Å². The van der Waals surface area contributed by atoms with Crippen LogP contribution in [0.2, 0.25) is 0 Å². The molecule has 0 aliphatic heterocycles. The molecule has 0 radical (unpaired) electrons. The van der Waals surface area contributed by atoms with Crippen molar-refractivity contribution in [2.45, 2.75) is 19.8 Å². The molecule has 5 heteroatoms. The summed E-state index contributed by atoms with van der Waals surface area (Å²) >= 11 is -2.56. The van der Waals surface area contributed by atoms with E-state index in [1.54, 1.807) is 0 Å². The monoisotopic (exact) mass is 165 g/mol. The summed E-state index contributed by atoms with van der Waals surface area (Å²) in [5.41, 5.74) is 0. The van der Waals surface area contributed by atoms with Gasteiger partial charge in [0, 0.05) is 6.42 Å². The third-order valence-electron chi connectivity index (χ3n) is 0.845. The van der Waals surface area contributed by atoms with Crippen LogP contribution in [0.5, 0.6) is 0 Å². The number of ketones is 1. The molecule has 10 heavy (non-hydrogen) atoms. The van der Waals surface area contributed by atoms with Gasteiger partial charge in [-0.1, -0.05) is 6.92 Å². The molecule has 0 aliphatic rings. The third kappa shape index (κ3) is 5.87. The zero-order chi connectivity index (χ0) is 7.98. The van der Waals surface area contributed by atoms with Gasteiger partial charge in [-0.2, -0.15) is 0 Å². The standard InChI is InChI=1S/C5H10O4S/c1-2-3-5(6)4-9-10(7)8/h2-4H2,1H3,(H,7,8)/p-1. The van der Waals surface area contributed by atoms with Crippen LogP contribution in [0.1, 0.15) is 19.8 Å². The van der Waals surface area contributed by atoms with Gasteiger partial charge < -0.3 is 4.55 Å².